The predicted molar refractivity (Wildman–Crippen MR) is 189 cm³/mol. The Morgan fingerprint density at radius 3 is 1.42 bits per heavy atom. The summed E-state index contributed by atoms with van der Waals surface area (Å²) < 4.78 is 22.1. The Balaban J connectivity index is 4.21. The van der Waals surface area contributed by atoms with E-state index in [2.05, 4.69) is 19.2 Å². The second kappa shape index (κ2) is 33.4. The van der Waals surface area contributed by atoms with Crippen LogP contribution in [-0.2, 0) is 18.4 Å². The van der Waals surface area contributed by atoms with E-state index in [0.717, 1.165) is 38.5 Å². The Labute approximate surface area is 278 Å². The lowest BCUT2D eigenvalue weighted by molar-refractivity contribution is -0.123. The molecule has 0 aromatic heterocycles. The quantitative estimate of drug-likeness (QED) is 0.0388. The molecule has 0 rings (SSSR count). The number of carbonyl (C=O) groups is 1. The van der Waals surface area contributed by atoms with Crippen molar-refractivity contribution in [2.45, 2.75) is 206 Å². The van der Waals surface area contributed by atoms with Gasteiger partial charge < -0.3 is 21.1 Å². The number of hydrogen-bond acceptors (Lipinski definition) is 6. The number of carbonyl (C=O) groups excluding carboxylic acids is 1. The van der Waals surface area contributed by atoms with E-state index in [4.69, 9.17) is 14.8 Å². The van der Waals surface area contributed by atoms with E-state index >= 15 is 0 Å². The summed E-state index contributed by atoms with van der Waals surface area (Å²) in [5.74, 6) is -0.161. The normalized spacial score (nSPS) is 14.3. The monoisotopic (exact) mass is 663 g/mol. The minimum atomic E-state index is -4.30. The third kappa shape index (κ3) is 31.8. The number of amides is 1. The maximum atomic E-state index is 12.7. The van der Waals surface area contributed by atoms with Gasteiger partial charge in [0.15, 0.2) is 0 Å². The molecule has 0 heterocycles. The fraction of sp³-hybridized carbons (Fsp3) is 0.972. The van der Waals surface area contributed by atoms with Gasteiger partial charge in [-0.1, -0.05) is 174 Å². The maximum Gasteiger partial charge on any atom is 0.472 e. The van der Waals surface area contributed by atoms with E-state index in [1.54, 1.807) is 0 Å². The molecule has 0 saturated carbocycles. The molecule has 5 N–H and O–H groups in total. The second-order valence-electron chi connectivity index (χ2n) is 13.2. The van der Waals surface area contributed by atoms with Crippen LogP contribution in [0.2, 0.25) is 0 Å². The third-order valence-electron chi connectivity index (χ3n) is 8.71. The summed E-state index contributed by atoms with van der Waals surface area (Å²) in [5, 5.41) is 13.7. The van der Waals surface area contributed by atoms with Gasteiger partial charge in [0.05, 0.1) is 25.4 Å². The summed E-state index contributed by atoms with van der Waals surface area (Å²) >= 11 is 0. The van der Waals surface area contributed by atoms with Gasteiger partial charge in [-0.15, -0.1) is 0 Å². The molecule has 0 aromatic rings. The highest BCUT2D eigenvalue weighted by Gasteiger charge is 2.27. The summed E-state index contributed by atoms with van der Waals surface area (Å²) in [6.45, 7) is 4.20. The Kier molecular flexibility index (Phi) is 33.0. The van der Waals surface area contributed by atoms with Crippen LogP contribution in [0.5, 0.6) is 0 Å². The molecule has 8 nitrogen and oxygen atoms in total. The number of aliphatic hydroxyl groups is 1. The number of aliphatic hydroxyl groups excluding tert-OH is 1. The summed E-state index contributed by atoms with van der Waals surface area (Å²) in [6, 6.07) is -0.765. The molecule has 1 unspecified atom stereocenters. The molecular weight excluding hydrogens is 587 g/mol. The van der Waals surface area contributed by atoms with Crippen molar-refractivity contribution in [2.24, 2.45) is 5.73 Å². The lowest BCUT2D eigenvalue weighted by atomic mass is 10.0. The van der Waals surface area contributed by atoms with E-state index in [9.17, 15) is 19.4 Å². The minimum absolute atomic E-state index is 0.0921. The van der Waals surface area contributed by atoms with Crippen molar-refractivity contribution in [3.05, 3.63) is 0 Å². The fourth-order valence-electron chi connectivity index (χ4n) is 5.78. The van der Waals surface area contributed by atoms with Crippen molar-refractivity contribution in [1.29, 1.82) is 0 Å². The Bertz CT molecular complexity index is 684. The first-order valence-electron chi connectivity index (χ1n) is 19.2. The molecule has 3 atom stereocenters. The van der Waals surface area contributed by atoms with E-state index in [0.29, 0.717) is 12.8 Å². The van der Waals surface area contributed by atoms with E-state index in [1.807, 2.05) is 0 Å². The number of nitrogens with two attached hydrogens (primary N) is 1. The fourth-order valence-corrected chi connectivity index (χ4v) is 6.54. The average molecular weight is 663 g/mol. The van der Waals surface area contributed by atoms with Crippen molar-refractivity contribution < 1.29 is 28.4 Å². The molecule has 0 aliphatic heterocycles. The standard InChI is InChI=1S/C36H75N2O6P/c1-3-5-7-9-11-13-15-16-17-18-20-21-23-25-27-29-35(39)34(33-44-45(41,42)43-32-31-37)38-36(40)30-28-26-24-22-19-14-12-10-8-6-4-2/h34-35,39H,3-33,37H2,1-2H3,(H,38,40)(H,41,42)/t34-,35+/m0/s1. The molecule has 45 heavy (non-hydrogen) atoms. The van der Waals surface area contributed by atoms with Gasteiger partial charge >= 0.3 is 7.82 Å². The van der Waals surface area contributed by atoms with Crippen LogP contribution in [0, 0.1) is 0 Å². The van der Waals surface area contributed by atoms with Gasteiger partial charge in [0.25, 0.3) is 0 Å². The van der Waals surface area contributed by atoms with Crippen LogP contribution in [-0.4, -0.2) is 47.8 Å². The zero-order valence-corrected chi connectivity index (χ0v) is 30.5. The molecule has 0 fully saturated rings. The van der Waals surface area contributed by atoms with Crippen LogP contribution in [0.3, 0.4) is 0 Å². The highest BCUT2D eigenvalue weighted by molar-refractivity contribution is 7.47. The Morgan fingerprint density at radius 2 is 1.02 bits per heavy atom. The summed E-state index contributed by atoms with van der Waals surface area (Å²) in [6.07, 6.45) is 32.4. The minimum Gasteiger partial charge on any atom is -0.391 e. The number of unbranched alkanes of at least 4 members (excludes halogenated alkanes) is 24. The average Bonchev–Trinajstić information content (AvgIpc) is 3.02. The van der Waals surface area contributed by atoms with Crippen LogP contribution in [0.4, 0.5) is 0 Å². The SMILES string of the molecule is CCCCCCCCCCCCCCCCC[C@@H](O)[C@H](COP(=O)(O)OCCN)NC(=O)CCCCCCCCCCCCC. The van der Waals surface area contributed by atoms with Gasteiger partial charge in [-0.2, -0.15) is 0 Å². The zero-order chi connectivity index (χ0) is 33.3. The third-order valence-corrected chi connectivity index (χ3v) is 9.70. The first-order valence-corrected chi connectivity index (χ1v) is 20.6. The highest BCUT2D eigenvalue weighted by atomic mass is 31.2. The predicted octanol–water partition coefficient (Wildman–Crippen LogP) is 9.89. The molecule has 9 heteroatoms. The zero-order valence-electron chi connectivity index (χ0n) is 29.6. The molecular formula is C36H75N2O6P. The number of phosphoric acid groups is 1. The summed E-state index contributed by atoms with van der Waals surface area (Å²) in [4.78, 5) is 22.6. The van der Waals surface area contributed by atoms with Crippen LogP contribution in [0.15, 0.2) is 0 Å². The van der Waals surface area contributed by atoms with Gasteiger partial charge in [0.2, 0.25) is 5.91 Å². The second-order valence-corrected chi connectivity index (χ2v) is 14.6. The Morgan fingerprint density at radius 1 is 0.644 bits per heavy atom. The molecule has 0 bridgehead atoms. The first-order chi connectivity index (χ1) is 21.9. The van der Waals surface area contributed by atoms with Crippen LogP contribution < -0.4 is 11.1 Å². The largest absolute Gasteiger partial charge is 0.472 e. The van der Waals surface area contributed by atoms with Crippen LogP contribution in [0.1, 0.15) is 194 Å². The van der Waals surface area contributed by atoms with E-state index < -0.39 is 20.0 Å². The number of phosphoric ester groups is 1. The smallest absolute Gasteiger partial charge is 0.391 e. The van der Waals surface area contributed by atoms with E-state index in [1.165, 1.54) is 128 Å². The Hall–Kier alpha value is -0.500. The van der Waals surface area contributed by atoms with Gasteiger partial charge in [0, 0.05) is 13.0 Å². The lowest BCUT2D eigenvalue weighted by Crippen LogP contribution is -2.46. The number of rotatable bonds is 36. The van der Waals surface area contributed by atoms with Crippen molar-refractivity contribution in [3.63, 3.8) is 0 Å². The van der Waals surface area contributed by atoms with E-state index in [-0.39, 0.29) is 25.7 Å². The molecule has 0 aliphatic carbocycles. The maximum absolute atomic E-state index is 12.7. The summed E-state index contributed by atoms with van der Waals surface area (Å²) in [7, 11) is -4.30. The molecule has 0 aliphatic rings. The van der Waals surface area contributed by atoms with Crippen molar-refractivity contribution in [2.75, 3.05) is 19.8 Å². The molecule has 0 spiro atoms. The number of hydrogen-bond donors (Lipinski definition) is 4. The van der Waals surface area contributed by atoms with Crippen LogP contribution in [0.25, 0.3) is 0 Å². The van der Waals surface area contributed by atoms with Crippen LogP contribution >= 0.6 is 7.82 Å². The van der Waals surface area contributed by atoms with Gasteiger partial charge in [0.1, 0.15) is 0 Å². The summed E-state index contributed by atoms with van der Waals surface area (Å²) in [5.41, 5.74) is 5.36. The molecule has 1 amide bonds. The van der Waals surface area contributed by atoms with Gasteiger partial charge in [-0.3, -0.25) is 13.8 Å². The highest BCUT2D eigenvalue weighted by Crippen LogP contribution is 2.43. The molecule has 0 aromatic carbocycles. The molecule has 270 valence electrons. The lowest BCUT2D eigenvalue weighted by Gasteiger charge is -2.25. The van der Waals surface area contributed by atoms with Gasteiger partial charge in [-0.25, -0.2) is 4.57 Å². The van der Waals surface area contributed by atoms with Crippen molar-refractivity contribution in [1.82, 2.24) is 5.32 Å². The van der Waals surface area contributed by atoms with Crippen molar-refractivity contribution in [3.8, 4) is 0 Å². The number of nitrogens with one attached hydrogen (secondary N) is 1. The topological polar surface area (TPSA) is 131 Å². The molecule has 0 saturated heterocycles. The van der Waals surface area contributed by atoms with Gasteiger partial charge in [-0.05, 0) is 12.8 Å². The van der Waals surface area contributed by atoms with Crippen molar-refractivity contribution >= 4 is 13.7 Å². The molecule has 0 radical (unpaired) electrons. The first kappa shape index (κ1) is 44.5.